The van der Waals surface area contributed by atoms with E-state index < -0.39 is 9.71 Å². The Hall–Kier alpha value is 0.0200. The highest BCUT2D eigenvalue weighted by atomic mass is 35.6. The molecule has 0 aromatic carbocycles. The van der Waals surface area contributed by atoms with Gasteiger partial charge in [-0.1, -0.05) is 53.0 Å². The zero-order valence-corrected chi connectivity index (χ0v) is 7.70. The molecule has 0 bridgehead atoms. The second-order valence-corrected chi connectivity index (χ2v) is 4.53. The first kappa shape index (κ1) is 9.11. The molecule has 0 aliphatic heterocycles. The first-order valence-electron chi connectivity index (χ1n) is 2.97. The Morgan fingerprint density at radius 1 is 1.27 bits per heavy atom. The van der Waals surface area contributed by atoms with E-state index in [4.69, 9.17) is 34.8 Å². The molecule has 1 rings (SSSR count). The van der Waals surface area contributed by atoms with Crippen LogP contribution in [0, 0.1) is 5.92 Å². The van der Waals surface area contributed by atoms with Crippen LogP contribution in [0.1, 0.15) is 0 Å². The van der Waals surface area contributed by atoms with Crippen molar-refractivity contribution >= 4 is 40.6 Å². The molecular formula is C7H5Cl3O. The molecule has 11 heavy (non-hydrogen) atoms. The first-order chi connectivity index (χ1) is 5.02. The molecule has 4 heteroatoms. The Morgan fingerprint density at radius 2 is 1.91 bits per heavy atom. The molecule has 1 atom stereocenters. The fourth-order valence-corrected chi connectivity index (χ4v) is 1.34. The van der Waals surface area contributed by atoms with Crippen molar-refractivity contribution in [2.45, 2.75) is 3.79 Å². The molecule has 0 saturated heterocycles. The van der Waals surface area contributed by atoms with Crippen LogP contribution in [0.15, 0.2) is 24.3 Å². The summed E-state index contributed by atoms with van der Waals surface area (Å²) < 4.78 is -1.53. The van der Waals surface area contributed by atoms with E-state index in [9.17, 15) is 4.79 Å². The zero-order chi connectivity index (χ0) is 8.48. The average molecular weight is 211 g/mol. The third-order valence-electron chi connectivity index (χ3n) is 1.33. The van der Waals surface area contributed by atoms with Gasteiger partial charge >= 0.3 is 0 Å². The van der Waals surface area contributed by atoms with E-state index in [1.807, 2.05) is 0 Å². The Balaban J connectivity index is 2.82. The van der Waals surface area contributed by atoms with Gasteiger partial charge < -0.3 is 0 Å². The number of halogens is 3. The molecule has 1 unspecified atom stereocenters. The number of allylic oxidation sites excluding steroid dienone is 4. The summed E-state index contributed by atoms with van der Waals surface area (Å²) in [5.74, 6) is -0.815. The summed E-state index contributed by atoms with van der Waals surface area (Å²) in [6, 6.07) is 0. The third kappa shape index (κ3) is 2.22. The van der Waals surface area contributed by atoms with Gasteiger partial charge in [0.15, 0.2) is 5.78 Å². The van der Waals surface area contributed by atoms with Crippen LogP contribution >= 0.6 is 34.8 Å². The number of carbonyl (C=O) groups is 1. The number of ketones is 1. The number of hydrogen-bond donors (Lipinski definition) is 0. The van der Waals surface area contributed by atoms with Gasteiger partial charge in [0.25, 0.3) is 0 Å². The lowest BCUT2D eigenvalue weighted by Crippen LogP contribution is -2.25. The summed E-state index contributed by atoms with van der Waals surface area (Å²) in [6.45, 7) is 0. The van der Waals surface area contributed by atoms with Crippen molar-refractivity contribution in [1.82, 2.24) is 0 Å². The van der Waals surface area contributed by atoms with E-state index in [1.54, 1.807) is 18.2 Å². The summed E-state index contributed by atoms with van der Waals surface area (Å²) in [5, 5.41) is 0. The van der Waals surface area contributed by atoms with Crippen molar-refractivity contribution in [2.24, 2.45) is 5.92 Å². The lowest BCUT2D eigenvalue weighted by Gasteiger charge is -2.19. The molecule has 0 aromatic rings. The van der Waals surface area contributed by atoms with Gasteiger partial charge in [-0.3, -0.25) is 4.79 Å². The van der Waals surface area contributed by atoms with E-state index >= 15 is 0 Å². The van der Waals surface area contributed by atoms with Gasteiger partial charge in [-0.15, -0.1) is 0 Å². The van der Waals surface area contributed by atoms with Crippen molar-refractivity contribution in [3.8, 4) is 0 Å². The molecule has 0 heterocycles. The van der Waals surface area contributed by atoms with Crippen LogP contribution in [0.3, 0.4) is 0 Å². The molecule has 0 N–H and O–H groups in total. The summed E-state index contributed by atoms with van der Waals surface area (Å²) in [6.07, 6.45) is 6.28. The molecule has 0 saturated carbocycles. The van der Waals surface area contributed by atoms with Gasteiger partial charge in [0.1, 0.15) is 0 Å². The number of alkyl halides is 3. The Kier molecular flexibility index (Phi) is 2.63. The van der Waals surface area contributed by atoms with E-state index in [0.29, 0.717) is 0 Å². The number of rotatable bonds is 0. The first-order valence-corrected chi connectivity index (χ1v) is 4.10. The maximum absolute atomic E-state index is 11.0. The van der Waals surface area contributed by atoms with Crippen LogP contribution in [0.25, 0.3) is 0 Å². The van der Waals surface area contributed by atoms with Gasteiger partial charge in [-0.25, -0.2) is 0 Å². The highest BCUT2D eigenvalue weighted by Crippen LogP contribution is 2.37. The minimum Gasteiger partial charge on any atom is -0.294 e. The highest BCUT2D eigenvalue weighted by Gasteiger charge is 2.35. The molecule has 60 valence electrons. The van der Waals surface area contributed by atoms with Crippen molar-refractivity contribution in [2.75, 3.05) is 0 Å². The topological polar surface area (TPSA) is 17.1 Å². The van der Waals surface area contributed by atoms with Gasteiger partial charge in [-0.05, 0) is 6.08 Å². The highest BCUT2D eigenvalue weighted by molar-refractivity contribution is 6.68. The van der Waals surface area contributed by atoms with Crippen molar-refractivity contribution in [3.05, 3.63) is 24.3 Å². The molecule has 1 aliphatic carbocycles. The lowest BCUT2D eigenvalue weighted by molar-refractivity contribution is -0.116. The molecule has 0 spiro atoms. The van der Waals surface area contributed by atoms with Crippen LogP contribution in [-0.2, 0) is 4.79 Å². The molecule has 1 aliphatic rings. The summed E-state index contributed by atoms with van der Waals surface area (Å²) >= 11 is 16.6. The molecule has 0 amide bonds. The number of carbonyl (C=O) groups excluding carboxylic acids is 1. The van der Waals surface area contributed by atoms with E-state index in [2.05, 4.69) is 0 Å². The largest absolute Gasteiger partial charge is 0.294 e. The maximum atomic E-state index is 11.0. The minimum atomic E-state index is -1.53. The normalized spacial score (nSPS) is 24.3. The van der Waals surface area contributed by atoms with Gasteiger partial charge in [0.2, 0.25) is 3.79 Å². The Labute approximate surface area is 79.6 Å². The molecule has 0 aromatic heterocycles. The van der Waals surface area contributed by atoms with Crippen LogP contribution < -0.4 is 0 Å². The fraction of sp³-hybridized carbons (Fsp3) is 0.286. The maximum Gasteiger partial charge on any atom is 0.203 e. The van der Waals surface area contributed by atoms with Gasteiger partial charge in [-0.2, -0.15) is 0 Å². The Morgan fingerprint density at radius 3 is 2.27 bits per heavy atom. The smallest absolute Gasteiger partial charge is 0.203 e. The molecular weight excluding hydrogens is 206 g/mol. The summed E-state index contributed by atoms with van der Waals surface area (Å²) in [5.41, 5.74) is 0. The second kappa shape index (κ2) is 3.18. The molecule has 1 nitrogen and oxygen atoms in total. The van der Waals surface area contributed by atoms with Crippen LogP contribution in [0.5, 0.6) is 0 Å². The van der Waals surface area contributed by atoms with E-state index in [1.165, 1.54) is 6.08 Å². The van der Waals surface area contributed by atoms with Crippen molar-refractivity contribution in [1.29, 1.82) is 0 Å². The quantitative estimate of drug-likeness (QED) is 0.563. The lowest BCUT2D eigenvalue weighted by atomic mass is 10.0. The summed E-state index contributed by atoms with van der Waals surface area (Å²) in [7, 11) is 0. The van der Waals surface area contributed by atoms with Gasteiger partial charge in [0, 0.05) is 0 Å². The molecule has 0 radical (unpaired) electrons. The van der Waals surface area contributed by atoms with Crippen LogP contribution in [0.2, 0.25) is 0 Å². The molecule has 0 fully saturated rings. The minimum absolute atomic E-state index is 0.174. The average Bonchev–Trinajstić information content (AvgIpc) is 1.86. The Bertz CT molecular complexity index is 224. The van der Waals surface area contributed by atoms with E-state index in [-0.39, 0.29) is 5.78 Å². The second-order valence-electron chi connectivity index (χ2n) is 2.17. The monoisotopic (exact) mass is 210 g/mol. The predicted octanol–water partition coefficient (Wildman–Crippen LogP) is 2.67. The standard InChI is InChI=1S/C7H5Cl3O/c8-7(9,10)5-3-1-2-4-6(5)11/h1-5H. The van der Waals surface area contributed by atoms with Crippen molar-refractivity contribution in [3.63, 3.8) is 0 Å². The predicted molar refractivity (Wildman–Crippen MR) is 47.1 cm³/mol. The number of hydrogen-bond acceptors (Lipinski definition) is 1. The third-order valence-corrected chi connectivity index (χ3v) is 2.04. The van der Waals surface area contributed by atoms with Crippen molar-refractivity contribution < 1.29 is 4.79 Å². The van der Waals surface area contributed by atoms with Gasteiger partial charge in [0.05, 0.1) is 5.92 Å². The van der Waals surface area contributed by atoms with Crippen LogP contribution in [-0.4, -0.2) is 9.58 Å². The van der Waals surface area contributed by atoms with E-state index in [0.717, 1.165) is 0 Å². The summed E-state index contributed by atoms with van der Waals surface area (Å²) in [4.78, 5) is 11.0. The SMILES string of the molecule is O=C1C=CC=CC1C(Cl)(Cl)Cl. The zero-order valence-electron chi connectivity index (χ0n) is 5.43. The van der Waals surface area contributed by atoms with Crippen LogP contribution in [0.4, 0.5) is 0 Å². The fourth-order valence-electron chi connectivity index (χ4n) is 0.795.